The van der Waals surface area contributed by atoms with Gasteiger partial charge in [-0.1, -0.05) is 0 Å². The highest BCUT2D eigenvalue weighted by Gasteiger charge is 2.28. The summed E-state index contributed by atoms with van der Waals surface area (Å²) < 4.78 is 2.09. The number of amides is 1. The average Bonchev–Trinajstić information content (AvgIpc) is 3.28. The van der Waals surface area contributed by atoms with Gasteiger partial charge in [-0.2, -0.15) is 5.10 Å². The normalized spacial score (nSPS) is 21.9. The van der Waals surface area contributed by atoms with Crippen molar-refractivity contribution in [2.45, 2.75) is 51.5 Å². The quantitative estimate of drug-likeness (QED) is 0.883. The Morgan fingerprint density at radius 1 is 1.23 bits per heavy atom. The van der Waals surface area contributed by atoms with E-state index in [1.165, 1.54) is 0 Å². The molecule has 26 heavy (non-hydrogen) atoms. The first-order chi connectivity index (χ1) is 12.6. The van der Waals surface area contributed by atoms with Gasteiger partial charge in [-0.25, -0.2) is 4.98 Å². The minimum atomic E-state index is 0.0592. The molecule has 0 saturated carbocycles. The van der Waals surface area contributed by atoms with Crippen LogP contribution in [0.1, 0.15) is 65.3 Å². The Kier molecular flexibility index (Phi) is 4.80. The zero-order chi connectivity index (χ0) is 18.1. The van der Waals surface area contributed by atoms with Crippen LogP contribution in [-0.2, 0) is 0 Å². The van der Waals surface area contributed by atoms with Crippen LogP contribution >= 0.6 is 0 Å². The smallest absolute Gasteiger partial charge is 0.271 e. The molecule has 2 aromatic heterocycles. The molecule has 4 heterocycles. The van der Waals surface area contributed by atoms with Gasteiger partial charge in [0.25, 0.3) is 5.91 Å². The summed E-state index contributed by atoms with van der Waals surface area (Å²) in [6.07, 6.45) is 5.93. The maximum absolute atomic E-state index is 13.0. The average molecular weight is 356 g/mol. The van der Waals surface area contributed by atoms with E-state index in [-0.39, 0.29) is 11.9 Å². The third-order valence-electron chi connectivity index (χ3n) is 5.63. The van der Waals surface area contributed by atoms with Gasteiger partial charge in [0.05, 0.1) is 17.9 Å². The van der Waals surface area contributed by atoms with Crippen molar-refractivity contribution in [2.75, 3.05) is 26.2 Å². The number of hydrogen-bond donors (Lipinski definition) is 2. The molecular weight excluding hydrogens is 328 g/mol. The van der Waals surface area contributed by atoms with Crippen LogP contribution in [0.25, 0.3) is 0 Å². The Labute approximate surface area is 154 Å². The number of imidazole rings is 1. The van der Waals surface area contributed by atoms with Gasteiger partial charge in [0, 0.05) is 24.7 Å². The van der Waals surface area contributed by atoms with Crippen LogP contribution in [-0.4, -0.2) is 56.7 Å². The molecule has 2 aliphatic rings. The summed E-state index contributed by atoms with van der Waals surface area (Å²) in [5.74, 6) is 1.45. The van der Waals surface area contributed by atoms with E-state index in [2.05, 4.69) is 38.1 Å². The van der Waals surface area contributed by atoms with Gasteiger partial charge < -0.3 is 15.2 Å². The fourth-order valence-electron chi connectivity index (χ4n) is 4.27. The Balaban J connectivity index is 1.46. The summed E-state index contributed by atoms with van der Waals surface area (Å²) in [6.45, 7) is 7.65. The standard InChI is InChI=1S/C19H28N6O/c1-13-10-14(2)25(23-13)16-4-3-9-24(12-16)19(26)17-11-21-18(22-17)15-5-7-20-8-6-15/h10-11,15-16,20H,3-9,12H2,1-2H3,(H,21,22). The molecule has 0 bridgehead atoms. The first-order valence-corrected chi connectivity index (χ1v) is 9.69. The van der Waals surface area contributed by atoms with Crippen LogP contribution in [0.4, 0.5) is 0 Å². The summed E-state index contributed by atoms with van der Waals surface area (Å²) in [5.41, 5.74) is 2.82. The molecule has 7 nitrogen and oxygen atoms in total. The number of aromatic nitrogens is 4. The molecule has 140 valence electrons. The third-order valence-corrected chi connectivity index (χ3v) is 5.63. The van der Waals surface area contributed by atoms with Crippen LogP contribution in [0.5, 0.6) is 0 Å². The second kappa shape index (κ2) is 7.23. The van der Waals surface area contributed by atoms with Crippen molar-refractivity contribution in [3.8, 4) is 0 Å². The van der Waals surface area contributed by atoms with Crippen LogP contribution in [0, 0.1) is 13.8 Å². The Bertz CT molecular complexity index is 773. The molecule has 0 aliphatic carbocycles. The fraction of sp³-hybridized carbons (Fsp3) is 0.632. The highest BCUT2D eigenvalue weighted by atomic mass is 16.2. The maximum atomic E-state index is 13.0. The van der Waals surface area contributed by atoms with Crippen molar-refractivity contribution in [3.05, 3.63) is 35.2 Å². The van der Waals surface area contributed by atoms with E-state index >= 15 is 0 Å². The van der Waals surface area contributed by atoms with E-state index in [0.717, 1.165) is 62.5 Å². The molecule has 1 unspecified atom stereocenters. The predicted octanol–water partition coefficient (Wildman–Crippen LogP) is 2.17. The fourth-order valence-corrected chi connectivity index (χ4v) is 4.27. The predicted molar refractivity (Wildman–Crippen MR) is 99.3 cm³/mol. The SMILES string of the molecule is Cc1cc(C)n(C2CCCN(C(=O)c3cnc(C4CCNCC4)[nH]3)C2)n1. The van der Waals surface area contributed by atoms with E-state index in [4.69, 9.17) is 0 Å². The minimum absolute atomic E-state index is 0.0592. The molecule has 0 spiro atoms. The third kappa shape index (κ3) is 3.40. The number of nitrogens with zero attached hydrogens (tertiary/aromatic N) is 4. The lowest BCUT2D eigenvalue weighted by atomic mass is 9.98. The molecule has 1 atom stereocenters. The van der Waals surface area contributed by atoms with Crippen LogP contribution < -0.4 is 5.32 Å². The molecule has 0 radical (unpaired) electrons. The summed E-state index contributed by atoms with van der Waals surface area (Å²) >= 11 is 0. The van der Waals surface area contributed by atoms with Gasteiger partial charge in [0.15, 0.2) is 0 Å². The Hall–Kier alpha value is -2.15. The highest BCUT2D eigenvalue weighted by Crippen LogP contribution is 2.25. The number of hydrogen-bond acceptors (Lipinski definition) is 4. The van der Waals surface area contributed by atoms with E-state index < -0.39 is 0 Å². The van der Waals surface area contributed by atoms with Crippen molar-refractivity contribution in [3.63, 3.8) is 0 Å². The van der Waals surface area contributed by atoms with Crippen molar-refractivity contribution < 1.29 is 4.79 Å². The lowest BCUT2D eigenvalue weighted by Gasteiger charge is -2.33. The van der Waals surface area contributed by atoms with Crippen molar-refractivity contribution in [2.24, 2.45) is 0 Å². The number of carbonyl (C=O) groups excluding carboxylic acids is 1. The molecule has 2 aromatic rings. The van der Waals surface area contributed by atoms with Gasteiger partial charge in [-0.05, 0) is 58.7 Å². The van der Waals surface area contributed by atoms with Gasteiger partial charge >= 0.3 is 0 Å². The van der Waals surface area contributed by atoms with Crippen molar-refractivity contribution in [1.82, 2.24) is 30.0 Å². The lowest BCUT2D eigenvalue weighted by molar-refractivity contribution is 0.0666. The van der Waals surface area contributed by atoms with Gasteiger partial charge in [0.2, 0.25) is 0 Å². The largest absolute Gasteiger partial charge is 0.338 e. The molecule has 0 aromatic carbocycles. The zero-order valence-electron chi connectivity index (χ0n) is 15.7. The Morgan fingerprint density at radius 3 is 2.77 bits per heavy atom. The van der Waals surface area contributed by atoms with Crippen molar-refractivity contribution in [1.29, 1.82) is 0 Å². The van der Waals surface area contributed by atoms with Crippen LogP contribution in [0.2, 0.25) is 0 Å². The second-order valence-corrected chi connectivity index (χ2v) is 7.63. The monoisotopic (exact) mass is 356 g/mol. The minimum Gasteiger partial charge on any atom is -0.338 e. The Morgan fingerprint density at radius 2 is 2.04 bits per heavy atom. The molecule has 2 fully saturated rings. The number of piperidine rings is 2. The number of carbonyl (C=O) groups is 1. The van der Waals surface area contributed by atoms with E-state index in [1.54, 1.807) is 6.20 Å². The number of likely N-dealkylation sites (tertiary alicyclic amines) is 1. The number of aromatic amines is 1. The summed E-state index contributed by atoms with van der Waals surface area (Å²) in [4.78, 5) is 22.7. The van der Waals surface area contributed by atoms with Gasteiger partial charge in [-0.3, -0.25) is 9.48 Å². The first-order valence-electron chi connectivity index (χ1n) is 9.69. The van der Waals surface area contributed by atoms with E-state index in [9.17, 15) is 4.79 Å². The maximum Gasteiger partial charge on any atom is 0.271 e. The van der Waals surface area contributed by atoms with Crippen molar-refractivity contribution >= 4 is 5.91 Å². The molecule has 2 aliphatic heterocycles. The molecule has 1 amide bonds. The number of aryl methyl sites for hydroxylation is 2. The number of nitrogens with one attached hydrogen (secondary N) is 2. The summed E-state index contributed by atoms with van der Waals surface area (Å²) in [5, 5.41) is 7.99. The van der Waals surface area contributed by atoms with E-state index in [1.807, 2.05) is 11.8 Å². The van der Waals surface area contributed by atoms with Gasteiger partial charge in [0.1, 0.15) is 11.5 Å². The molecular formula is C19H28N6O. The lowest BCUT2D eigenvalue weighted by Crippen LogP contribution is -2.41. The van der Waals surface area contributed by atoms with Gasteiger partial charge in [-0.15, -0.1) is 0 Å². The number of rotatable bonds is 3. The van der Waals surface area contributed by atoms with E-state index in [0.29, 0.717) is 18.2 Å². The number of H-pyrrole nitrogens is 1. The molecule has 4 rings (SSSR count). The van der Waals surface area contributed by atoms with Crippen LogP contribution in [0.3, 0.4) is 0 Å². The summed E-state index contributed by atoms with van der Waals surface area (Å²) in [6, 6.07) is 2.36. The molecule has 2 saturated heterocycles. The van der Waals surface area contributed by atoms with Crippen LogP contribution in [0.15, 0.2) is 12.3 Å². The highest BCUT2D eigenvalue weighted by molar-refractivity contribution is 5.92. The zero-order valence-corrected chi connectivity index (χ0v) is 15.7. The molecule has 2 N–H and O–H groups in total. The first kappa shape index (κ1) is 17.3. The summed E-state index contributed by atoms with van der Waals surface area (Å²) in [7, 11) is 0. The molecule has 7 heteroatoms. The second-order valence-electron chi connectivity index (χ2n) is 7.63. The topological polar surface area (TPSA) is 78.8 Å².